The molecule has 0 saturated heterocycles. The quantitative estimate of drug-likeness (QED) is 0.497. The summed E-state index contributed by atoms with van der Waals surface area (Å²) in [7, 11) is 0. The molecule has 8 heteroatoms. The summed E-state index contributed by atoms with van der Waals surface area (Å²) < 4.78 is 11.8. The van der Waals surface area contributed by atoms with Gasteiger partial charge in [-0.3, -0.25) is 4.79 Å². The standard InChI is InChI=1S/C19H12N4O3S/c20-7-9-25-14-5-3-13(4-6-14)10-22-23-12-21-18-17(19(23)24)15(11-27-18)16-2-1-8-26-16/h1-6,8,10-12H,9H2/b22-10-. The first kappa shape index (κ1) is 16.8. The van der Waals surface area contributed by atoms with Crippen LogP contribution in [0.3, 0.4) is 0 Å². The third-order valence-corrected chi connectivity index (χ3v) is 4.67. The van der Waals surface area contributed by atoms with E-state index in [0.717, 1.165) is 5.56 Å². The average Bonchev–Trinajstić information content (AvgIpc) is 3.36. The Morgan fingerprint density at radius 2 is 2.19 bits per heavy atom. The second kappa shape index (κ2) is 7.27. The molecule has 0 aliphatic carbocycles. The van der Waals surface area contributed by atoms with Gasteiger partial charge >= 0.3 is 0 Å². The minimum absolute atomic E-state index is 0.00679. The van der Waals surface area contributed by atoms with Crippen LogP contribution in [0.4, 0.5) is 0 Å². The number of fused-ring (bicyclic) bond motifs is 1. The van der Waals surface area contributed by atoms with Gasteiger partial charge in [-0.1, -0.05) is 0 Å². The minimum Gasteiger partial charge on any atom is -0.479 e. The highest BCUT2D eigenvalue weighted by molar-refractivity contribution is 7.17. The first-order valence-electron chi connectivity index (χ1n) is 7.93. The highest BCUT2D eigenvalue weighted by atomic mass is 32.1. The van der Waals surface area contributed by atoms with Gasteiger partial charge in [0, 0.05) is 10.9 Å². The van der Waals surface area contributed by atoms with Gasteiger partial charge in [0.25, 0.3) is 5.56 Å². The zero-order chi connectivity index (χ0) is 18.6. The first-order chi connectivity index (χ1) is 13.3. The third kappa shape index (κ3) is 3.36. The number of hydrogen-bond donors (Lipinski definition) is 0. The number of benzene rings is 1. The van der Waals surface area contributed by atoms with Crippen molar-refractivity contribution in [3.63, 3.8) is 0 Å². The second-order valence-electron chi connectivity index (χ2n) is 5.46. The molecule has 0 unspecified atom stereocenters. The molecule has 1 aromatic carbocycles. The molecule has 0 radical (unpaired) electrons. The number of rotatable bonds is 5. The van der Waals surface area contributed by atoms with Crippen molar-refractivity contribution in [2.45, 2.75) is 0 Å². The van der Waals surface area contributed by atoms with Crippen LogP contribution in [0.2, 0.25) is 0 Å². The number of ether oxygens (including phenoxy) is 1. The number of thiophene rings is 1. The van der Waals surface area contributed by atoms with Gasteiger partial charge in [-0.05, 0) is 42.0 Å². The summed E-state index contributed by atoms with van der Waals surface area (Å²) in [6.45, 7) is -0.00679. The van der Waals surface area contributed by atoms with E-state index in [1.807, 2.05) is 11.4 Å². The fraction of sp³-hybridized carbons (Fsp3) is 0.0526. The van der Waals surface area contributed by atoms with E-state index in [9.17, 15) is 4.79 Å². The molecule has 0 fully saturated rings. The second-order valence-corrected chi connectivity index (χ2v) is 6.32. The van der Waals surface area contributed by atoms with Gasteiger partial charge < -0.3 is 9.15 Å². The lowest BCUT2D eigenvalue weighted by atomic mass is 10.2. The van der Waals surface area contributed by atoms with Crippen LogP contribution in [0.1, 0.15) is 5.56 Å². The van der Waals surface area contributed by atoms with Gasteiger partial charge in [-0.25, -0.2) is 4.98 Å². The summed E-state index contributed by atoms with van der Waals surface area (Å²) in [6, 6.07) is 12.5. The Labute approximate surface area is 157 Å². The number of furan rings is 1. The number of hydrogen-bond acceptors (Lipinski definition) is 7. The maximum absolute atomic E-state index is 12.8. The number of nitrogens with zero attached hydrogens (tertiary/aromatic N) is 4. The van der Waals surface area contributed by atoms with Gasteiger partial charge in [0.05, 0.1) is 17.9 Å². The zero-order valence-electron chi connectivity index (χ0n) is 13.9. The van der Waals surface area contributed by atoms with E-state index in [1.165, 1.54) is 22.3 Å². The van der Waals surface area contributed by atoms with E-state index in [0.29, 0.717) is 27.3 Å². The monoisotopic (exact) mass is 376 g/mol. The third-order valence-electron chi connectivity index (χ3n) is 3.78. The topological polar surface area (TPSA) is 93.4 Å². The number of aromatic nitrogens is 2. The van der Waals surface area contributed by atoms with E-state index < -0.39 is 0 Å². The summed E-state index contributed by atoms with van der Waals surface area (Å²) in [5.74, 6) is 1.21. The highest BCUT2D eigenvalue weighted by Crippen LogP contribution is 2.30. The predicted octanol–water partition coefficient (Wildman–Crippen LogP) is 3.50. The van der Waals surface area contributed by atoms with Crippen molar-refractivity contribution in [3.8, 4) is 23.1 Å². The summed E-state index contributed by atoms with van der Waals surface area (Å²) in [5, 5.41) is 15.1. The molecular formula is C19H12N4O3S. The van der Waals surface area contributed by atoms with E-state index >= 15 is 0 Å². The van der Waals surface area contributed by atoms with Gasteiger partial charge in [0.1, 0.15) is 28.7 Å². The van der Waals surface area contributed by atoms with Crippen molar-refractivity contribution in [1.82, 2.24) is 9.66 Å². The van der Waals surface area contributed by atoms with Crippen LogP contribution in [0.5, 0.6) is 5.75 Å². The fourth-order valence-corrected chi connectivity index (χ4v) is 3.40. The molecule has 7 nitrogen and oxygen atoms in total. The molecule has 0 spiro atoms. The summed E-state index contributed by atoms with van der Waals surface area (Å²) in [5.41, 5.74) is 1.22. The van der Waals surface area contributed by atoms with Crippen LogP contribution in [-0.2, 0) is 0 Å². The summed E-state index contributed by atoms with van der Waals surface area (Å²) >= 11 is 1.38. The lowest BCUT2D eigenvalue weighted by Gasteiger charge is -2.01. The molecule has 27 heavy (non-hydrogen) atoms. The van der Waals surface area contributed by atoms with Crippen LogP contribution >= 0.6 is 11.3 Å². The minimum atomic E-state index is -0.266. The fourth-order valence-electron chi connectivity index (χ4n) is 2.51. The van der Waals surface area contributed by atoms with E-state index in [4.69, 9.17) is 14.4 Å². The molecule has 3 heterocycles. The highest BCUT2D eigenvalue weighted by Gasteiger charge is 2.14. The van der Waals surface area contributed by atoms with E-state index in [-0.39, 0.29) is 12.2 Å². The van der Waals surface area contributed by atoms with Crippen molar-refractivity contribution >= 4 is 27.8 Å². The molecule has 4 rings (SSSR count). The number of nitriles is 1. The predicted molar refractivity (Wildman–Crippen MR) is 102 cm³/mol. The van der Waals surface area contributed by atoms with Crippen molar-refractivity contribution in [1.29, 1.82) is 5.26 Å². The van der Waals surface area contributed by atoms with Gasteiger partial charge in [-0.2, -0.15) is 15.0 Å². The van der Waals surface area contributed by atoms with E-state index in [2.05, 4.69) is 10.1 Å². The summed E-state index contributed by atoms with van der Waals surface area (Å²) in [6.07, 6.45) is 4.52. The van der Waals surface area contributed by atoms with Gasteiger partial charge in [-0.15, -0.1) is 11.3 Å². The molecule has 4 aromatic rings. The molecule has 0 N–H and O–H groups in total. The van der Waals surface area contributed by atoms with Crippen LogP contribution in [0.15, 0.2) is 68.7 Å². The Hall–Kier alpha value is -3.70. The Kier molecular flexibility index (Phi) is 4.51. The lowest BCUT2D eigenvalue weighted by molar-refractivity contribution is 0.368. The smallest absolute Gasteiger partial charge is 0.283 e. The zero-order valence-corrected chi connectivity index (χ0v) is 14.7. The summed E-state index contributed by atoms with van der Waals surface area (Å²) in [4.78, 5) is 17.8. The molecule has 132 valence electrons. The SMILES string of the molecule is N#CCOc1ccc(/C=N\n2cnc3scc(-c4ccco4)c3c2=O)cc1. The van der Waals surface area contributed by atoms with Gasteiger partial charge in [0.15, 0.2) is 6.61 Å². The Balaban J connectivity index is 1.65. The maximum atomic E-state index is 12.8. The Morgan fingerprint density at radius 3 is 2.93 bits per heavy atom. The first-order valence-corrected chi connectivity index (χ1v) is 8.81. The van der Waals surface area contributed by atoms with Crippen LogP contribution in [0, 0.1) is 11.3 Å². The van der Waals surface area contributed by atoms with Crippen molar-refractivity contribution in [2.75, 3.05) is 6.61 Å². The Bertz CT molecular complexity index is 1200. The largest absolute Gasteiger partial charge is 0.479 e. The molecule has 0 bridgehead atoms. The lowest BCUT2D eigenvalue weighted by Crippen LogP contribution is -2.16. The molecule has 3 aromatic heterocycles. The maximum Gasteiger partial charge on any atom is 0.283 e. The van der Waals surface area contributed by atoms with E-state index in [1.54, 1.807) is 48.9 Å². The molecule has 0 atom stereocenters. The Morgan fingerprint density at radius 1 is 1.33 bits per heavy atom. The van der Waals surface area contributed by atoms with Crippen LogP contribution < -0.4 is 10.3 Å². The van der Waals surface area contributed by atoms with Crippen LogP contribution in [-0.4, -0.2) is 22.5 Å². The molecule has 0 aliphatic rings. The molecule has 0 amide bonds. The average molecular weight is 376 g/mol. The molecular weight excluding hydrogens is 364 g/mol. The molecule has 0 saturated carbocycles. The van der Waals surface area contributed by atoms with Crippen molar-refractivity contribution < 1.29 is 9.15 Å². The van der Waals surface area contributed by atoms with Gasteiger partial charge in [0.2, 0.25) is 0 Å². The van der Waals surface area contributed by atoms with Crippen molar-refractivity contribution in [3.05, 3.63) is 70.3 Å². The normalized spacial score (nSPS) is 11.1. The van der Waals surface area contributed by atoms with Crippen LogP contribution in [0.25, 0.3) is 21.5 Å². The molecule has 0 aliphatic heterocycles. The van der Waals surface area contributed by atoms with Crippen molar-refractivity contribution in [2.24, 2.45) is 5.10 Å².